The van der Waals surface area contributed by atoms with Crippen molar-refractivity contribution in [1.82, 2.24) is 4.90 Å². The molecule has 0 aromatic carbocycles. The number of carbonyl (C=O) groups excluding carboxylic acids is 1. The monoisotopic (exact) mass is 243 g/mol. The summed E-state index contributed by atoms with van der Waals surface area (Å²) in [4.78, 5) is 13.7. The quantitative estimate of drug-likeness (QED) is 0.665. The van der Waals surface area contributed by atoms with Crippen molar-refractivity contribution in [2.24, 2.45) is 5.92 Å². The van der Waals surface area contributed by atoms with Crippen LogP contribution in [0.4, 0.5) is 0 Å². The first-order chi connectivity index (χ1) is 8.17. The van der Waals surface area contributed by atoms with Crippen LogP contribution in [-0.2, 0) is 14.3 Å². The van der Waals surface area contributed by atoms with Gasteiger partial charge in [-0.05, 0) is 25.8 Å². The molecule has 0 bridgehead atoms. The van der Waals surface area contributed by atoms with Crippen LogP contribution in [0, 0.1) is 5.92 Å². The van der Waals surface area contributed by atoms with Crippen molar-refractivity contribution in [1.29, 1.82) is 0 Å². The van der Waals surface area contributed by atoms with Crippen LogP contribution in [0.15, 0.2) is 0 Å². The smallest absolute Gasteiger partial charge is 0.309 e. The summed E-state index contributed by atoms with van der Waals surface area (Å²) in [6.45, 7) is 7.67. The van der Waals surface area contributed by atoms with Gasteiger partial charge in [-0.3, -0.25) is 9.69 Å². The van der Waals surface area contributed by atoms with Crippen LogP contribution in [0.25, 0.3) is 0 Å². The molecule has 0 spiro atoms. The number of esters is 1. The van der Waals surface area contributed by atoms with Crippen LogP contribution < -0.4 is 0 Å². The third-order valence-electron chi connectivity index (χ3n) is 3.16. The van der Waals surface area contributed by atoms with E-state index in [2.05, 4.69) is 11.8 Å². The Morgan fingerprint density at radius 2 is 2.29 bits per heavy atom. The molecule has 0 saturated carbocycles. The van der Waals surface area contributed by atoms with Gasteiger partial charge in [-0.25, -0.2) is 0 Å². The van der Waals surface area contributed by atoms with E-state index < -0.39 is 0 Å². The number of likely N-dealkylation sites (tertiary alicyclic amines) is 1. The van der Waals surface area contributed by atoms with Crippen molar-refractivity contribution in [3.63, 3.8) is 0 Å². The summed E-state index contributed by atoms with van der Waals surface area (Å²) in [6.07, 6.45) is 3.70. The largest absolute Gasteiger partial charge is 0.469 e. The van der Waals surface area contributed by atoms with Crippen molar-refractivity contribution in [2.75, 3.05) is 33.4 Å². The minimum absolute atomic E-state index is 0.0510. The fourth-order valence-electron chi connectivity index (χ4n) is 2.26. The molecule has 100 valence electrons. The summed E-state index contributed by atoms with van der Waals surface area (Å²) < 4.78 is 10.5. The number of rotatable bonds is 6. The van der Waals surface area contributed by atoms with E-state index >= 15 is 0 Å². The standard InChI is InChI=1S/C13H25NO3/c1-4-8-17-12-6-5-7-14(10-12)9-11(2)13(15)16-3/h11-12H,4-10H2,1-3H3. The Morgan fingerprint density at radius 3 is 2.94 bits per heavy atom. The van der Waals surface area contributed by atoms with E-state index in [9.17, 15) is 4.79 Å². The van der Waals surface area contributed by atoms with Crippen LogP contribution in [0.2, 0.25) is 0 Å². The molecule has 1 rings (SSSR count). The van der Waals surface area contributed by atoms with E-state index in [-0.39, 0.29) is 11.9 Å². The number of ether oxygens (including phenoxy) is 2. The van der Waals surface area contributed by atoms with E-state index in [0.717, 1.165) is 45.5 Å². The lowest BCUT2D eigenvalue weighted by Gasteiger charge is -2.33. The maximum atomic E-state index is 11.4. The van der Waals surface area contributed by atoms with Gasteiger partial charge in [0, 0.05) is 19.7 Å². The predicted octanol–water partition coefficient (Wildman–Crippen LogP) is 1.69. The molecule has 2 unspecified atom stereocenters. The van der Waals surface area contributed by atoms with Gasteiger partial charge in [-0.2, -0.15) is 0 Å². The van der Waals surface area contributed by atoms with Crippen molar-refractivity contribution < 1.29 is 14.3 Å². The van der Waals surface area contributed by atoms with E-state index in [1.54, 1.807) is 0 Å². The fourth-order valence-corrected chi connectivity index (χ4v) is 2.26. The topological polar surface area (TPSA) is 38.8 Å². The number of nitrogens with zero attached hydrogens (tertiary/aromatic N) is 1. The van der Waals surface area contributed by atoms with Crippen LogP contribution in [-0.4, -0.2) is 50.3 Å². The van der Waals surface area contributed by atoms with E-state index in [1.165, 1.54) is 7.11 Å². The summed E-state index contributed by atoms with van der Waals surface area (Å²) in [5, 5.41) is 0. The molecule has 1 heterocycles. The Bertz CT molecular complexity index is 233. The summed E-state index contributed by atoms with van der Waals surface area (Å²) in [5.41, 5.74) is 0. The average molecular weight is 243 g/mol. The van der Waals surface area contributed by atoms with Crippen LogP contribution >= 0.6 is 0 Å². The summed E-state index contributed by atoms with van der Waals surface area (Å²) >= 11 is 0. The van der Waals surface area contributed by atoms with Gasteiger partial charge in [-0.15, -0.1) is 0 Å². The maximum absolute atomic E-state index is 11.4. The van der Waals surface area contributed by atoms with Crippen molar-refractivity contribution in [3.8, 4) is 0 Å². The lowest BCUT2D eigenvalue weighted by Crippen LogP contribution is -2.43. The Balaban J connectivity index is 2.31. The summed E-state index contributed by atoms with van der Waals surface area (Å²) in [5.74, 6) is -0.175. The van der Waals surface area contributed by atoms with Crippen LogP contribution in [0.3, 0.4) is 0 Å². The number of carbonyl (C=O) groups is 1. The Hall–Kier alpha value is -0.610. The van der Waals surface area contributed by atoms with Crippen LogP contribution in [0.5, 0.6) is 0 Å². The van der Waals surface area contributed by atoms with Gasteiger partial charge < -0.3 is 9.47 Å². The van der Waals surface area contributed by atoms with Gasteiger partial charge >= 0.3 is 5.97 Å². The number of methoxy groups -OCH3 is 1. The van der Waals surface area contributed by atoms with Gasteiger partial charge in [0.15, 0.2) is 0 Å². The molecule has 1 saturated heterocycles. The highest BCUT2D eigenvalue weighted by atomic mass is 16.5. The minimum Gasteiger partial charge on any atom is -0.469 e. The first-order valence-corrected chi connectivity index (χ1v) is 6.59. The van der Waals surface area contributed by atoms with E-state index in [0.29, 0.717) is 6.10 Å². The lowest BCUT2D eigenvalue weighted by molar-refractivity contribution is -0.145. The fraction of sp³-hybridized carbons (Fsp3) is 0.923. The van der Waals surface area contributed by atoms with Crippen LogP contribution in [0.1, 0.15) is 33.1 Å². The van der Waals surface area contributed by atoms with Crippen molar-refractivity contribution >= 4 is 5.97 Å². The third-order valence-corrected chi connectivity index (χ3v) is 3.16. The number of piperidine rings is 1. The molecular formula is C13H25NO3. The van der Waals surface area contributed by atoms with Crippen molar-refractivity contribution in [3.05, 3.63) is 0 Å². The Morgan fingerprint density at radius 1 is 1.53 bits per heavy atom. The molecule has 0 aliphatic carbocycles. The molecule has 1 fully saturated rings. The zero-order valence-corrected chi connectivity index (χ0v) is 11.3. The lowest BCUT2D eigenvalue weighted by atomic mass is 10.1. The first-order valence-electron chi connectivity index (χ1n) is 6.59. The SMILES string of the molecule is CCCOC1CCCN(CC(C)C(=O)OC)C1. The highest BCUT2D eigenvalue weighted by Crippen LogP contribution is 2.15. The van der Waals surface area contributed by atoms with E-state index in [4.69, 9.17) is 9.47 Å². The Kier molecular flexibility index (Phi) is 6.52. The molecule has 0 aromatic rings. The molecule has 2 atom stereocenters. The maximum Gasteiger partial charge on any atom is 0.309 e. The molecule has 0 radical (unpaired) electrons. The number of hydrogen-bond acceptors (Lipinski definition) is 4. The summed E-state index contributed by atoms with van der Waals surface area (Å²) in [7, 11) is 1.45. The van der Waals surface area contributed by atoms with Gasteiger partial charge in [0.05, 0.1) is 19.1 Å². The molecule has 0 amide bonds. The zero-order chi connectivity index (χ0) is 12.7. The average Bonchev–Trinajstić information content (AvgIpc) is 2.35. The second-order valence-corrected chi connectivity index (χ2v) is 4.82. The second-order valence-electron chi connectivity index (χ2n) is 4.82. The van der Waals surface area contributed by atoms with Gasteiger partial charge in [0.25, 0.3) is 0 Å². The van der Waals surface area contributed by atoms with E-state index in [1.807, 2.05) is 6.92 Å². The highest BCUT2D eigenvalue weighted by Gasteiger charge is 2.23. The molecule has 0 N–H and O–H groups in total. The third kappa shape index (κ3) is 5.04. The van der Waals surface area contributed by atoms with Gasteiger partial charge in [0.1, 0.15) is 0 Å². The second kappa shape index (κ2) is 7.67. The molecular weight excluding hydrogens is 218 g/mol. The zero-order valence-electron chi connectivity index (χ0n) is 11.3. The molecule has 17 heavy (non-hydrogen) atoms. The normalized spacial score (nSPS) is 23.4. The van der Waals surface area contributed by atoms with Crippen molar-refractivity contribution in [2.45, 2.75) is 39.2 Å². The molecule has 1 aliphatic heterocycles. The number of hydrogen-bond donors (Lipinski definition) is 0. The molecule has 4 nitrogen and oxygen atoms in total. The highest BCUT2D eigenvalue weighted by molar-refractivity contribution is 5.72. The first kappa shape index (κ1) is 14.5. The Labute approximate surface area is 104 Å². The minimum atomic E-state index is -0.124. The predicted molar refractivity (Wildman–Crippen MR) is 66.9 cm³/mol. The van der Waals surface area contributed by atoms with Gasteiger partial charge in [0.2, 0.25) is 0 Å². The summed E-state index contributed by atoms with van der Waals surface area (Å²) in [6, 6.07) is 0. The molecule has 4 heteroatoms. The molecule has 0 aromatic heterocycles. The van der Waals surface area contributed by atoms with Gasteiger partial charge in [-0.1, -0.05) is 13.8 Å². The molecule has 1 aliphatic rings.